The molecule has 1 N–H and O–H groups in total. The number of aryl methyl sites for hydroxylation is 3. The van der Waals surface area contributed by atoms with Gasteiger partial charge in [-0.25, -0.2) is 0 Å². The van der Waals surface area contributed by atoms with Crippen molar-refractivity contribution in [2.75, 3.05) is 0 Å². The summed E-state index contributed by atoms with van der Waals surface area (Å²) in [4.78, 5) is 0. The summed E-state index contributed by atoms with van der Waals surface area (Å²) in [5.74, 6) is 0.361. The zero-order valence-electron chi connectivity index (χ0n) is 19.9. The van der Waals surface area contributed by atoms with E-state index in [2.05, 4.69) is 93.6 Å². The molecular weight excluding hydrogens is 451 g/mol. The molecule has 0 aliphatic rings. The van der Waals surface area contributed by atoms with E-state index in [1.807, 2.05) is 13.0 Å². The topological polar surface area (TPSA) is 20.2 Å². The third kappa shape index (κ3) is 13.0. The Bertz CT molecular complexity index is 697. The van der Waals surface area contributed by atoms with Crippen molar-refractivity contribution in [1.82, 2.24) is 0 Å². The van der Waals surface area contributed by atoms with Gasteiger partial charge in [0, 0.05) is 0 Å². The Labute approximate surface area is 204 Å². The molecule has 0 atom stereocenters. The van der Waals surface area contributed by atoms with Crippen LogP contribution in [0, 0.1) is 34.6 Å². The average Bonchev–Trinajstić information content (AvgIpc) is 2.79. The van der Waals surface area contributed by atoms with E-state index in [9.17, 15) is 5.11 Å². The molecule has 0 bridgehead atoms. The first kappa shape index (κ1) is 33.5. The predicted octanol–water partition coefficient (Wildman–Crippen LogP) is 1.21. The Morgan fingerprint density at radius 1 is 0.966 bits per heavy atom. The molecule has 29 heavy (non-hydrogen) atoms. The number of rotatable bonds is 2. The van der Waals surface area contributed by atoms with Crippen LogP contribution in [0.1, 0.15) is 68.0 Å². The number of phenols is 1. The minimum Gasteiger partial charge on any atom is -1.00 e. The maximum Gasteiger partial charge on any atom is 0.116 e. The first-order valence-electron chi connectivity index (χ1n) is 9.90. The minimum absolute atomic E-state index is 0. The van der Waals surface area contributed by atoms with Crippen LogP contribution in [0.3, 0.4) is 0 Å². The largest absolute Gasteiger partial charge is 1.00 e. The Kier molecular flexibility index (Phi) is 18.1. The summed E-state index contributed by atoms with van der Waals surface area (Å²) in [6, 6.07) is 10.8. The predicted molar refractivity (Wildman–Crippen MR) is 119 cm³/mol. The van der Waals surface area contributed by atoms with Gasteiger partial charge >= 0.3 is 51.3 Å². The number of benzene rings is 1. The molecule has 2 aromatic carbocycles. The third-order valence-electron chi connectivity index (χ3n) is 4.96. The number of hydrogen-bond donors (Lipinski definition) is 1. The number of halogens is 2. The average molecular weight is 490 g/mol. The van der Waals surface area contributed by atoms with Crippen LogP contribution in [0.5, 0.6) is 5.75 Å². The maximum absolute atomic E-state index is 9.36. The van der Waals surface area contributed by atoms with E-state index in [1.54, 1.807) is 6.07 Å². The van der Waals surface area contributed by atoms with Gasteiger partial charge in [0.05, 0.1) is 0 Å². The van der Waals surface area contributed by atoms with Gasteiger partial charge in [-0.05, 0) is 35.6 Å². The number of phenolic OH excluding ortho intramolecular Hbond substituents is 1. The van der Waals surface area contributed by atoms with Gasteiger partial charge in [-0.15, -0.1) is 0 Å². The van der Waals surface area contributed by atoms with Crippen LogP contribution in [0.15, 0.2) is 24.3 Å². The molecule has 5 heteroatoms. The quantitative estimate of drug-likeness (QED) is 0.496. The van der Waals surface area contributed by atoms with Crippen LogP contribution in [0.4, 0.5) is 0 Å². The standard InChI is InChI=1S/C11H16O.C9H13.C4H10Si.2ClH.Ti/c1-8-5-9(11(2,3)4)7-10(12)6-8;1-6-5-7(2)9(4)8(6)3;1-3-5-4-2;;;/h5-7,12H,1-4H3;5H,1-4H3;3-4H2,1-2H3;2*1H;/q;-1;;;;+2/p-2. The van der Waals surface area contributed by atoms with Crippen molar-refractivity contribution >= 4 is 6.19 Å². The molecule has 1 nitrogen and oxygen atoms in total. The Morgan fingerprint density at radius 3 is 1.66 bits per heavy atom. The second-order valence-electron chi connectivity index (χ2n) is 8.38. The Morgan fingerprint density at radius 2 is 1.45 bits per heavy atom. The molecule has 164 valence electrons. The van der Waals surface area contributed by atoms with Crippen LogP contribution in [0.25, 0.3) is 0 Å². The van der Waals surface area contributed by atoms with Crippen LogP contribution in [-0.2, 0) is 24.6 Å². The van der Waals surface area contributed by atoms with Crippen molar-refractivity contribution in [1.29, 1.82) is 0 Å². The van der Waals surface area contributed by atoms with Crippen molar-refractivity contribution in [2.45, 2.75) is 86.7 Å². The molecule has 0 saturated carbocycles. The first-order chi connectivity index (χ1) is 12.3. The van der Waals surface area contributed by atoms with Crippen molar-refractivity contribution < 1.29 is 49.1 Å². The van der Waals surface area contributed by atoms with E-state index in [0.29, 0.717) is 5.75 Å². The van der Waals surface area contributed by atoms with Crippen LogP contribution < -0.4 is 24.8 Å². The molecule has 0 spiro atoms. The Hall–Kier alpha value is -0.119. The second-order valence-corrected chi connectivity index (χ2v) is 14.3. The second kappa shape index (κ2) is 15.6. The fraction of sp³-hybridized carbons (Fsp3) is 0.542. The Balaban J connectivity index is -0.000000357. The fourth-order valence-electron chi connectivity index (χ4n) is 2.58. The van der Waals surface area contributed by atoms with Gasteiger partial charge in [0.2, 0.25) is 0 Å². The summed E-state index contributed by atoms with van der Waals surface area (Å²) < 4.78 is 0. The molecule has 0 amide bonds. The molecule has 0 aromatic heterocycles. The molecular formula is C24H39Cl2OSiTi-. The van der Waals surface area contributed by atoms with E-state index in [4.69, 9.17) is 0 Å². The fourth-order valence-corrected chi connectivity index (χ4v) is 3.08. The molecule has 2 rings (SSSR count). The number of hydrogen-bond acceptors (Lipinski definition) is 1. The molecule has 0 aliphatic heterocycles. The van der Waals surface area contributed by atoms with Crippen molar-refractivity contribution in [3.05, 3.63) is 57.6 Å². The van der Waals surface area contributed by atoms with Gasteiger partial charge in [-0.1, -0.05) is 54.5 Å². The van der Waals surface area contributed by atoms with Gasteiger partial charge < -0.3 is 29.9 Å². The van der Waals surface area contributed by atoms with Crippen molar-refractivity contribution in [2.24, 2.45) is 0 Å². The molecule has 0 heterocycles. The van der Waals surface area contributed by atoms with Gasteiger partial charge in [0.25, 0.3) is 0 Å². The zero-order chi connectivity index (χ0) is 21.4. The summed E-state index contributed by atoms with van der Waals surface area (Å²) in [6.45, 7) is 21.6. The molecule has 0 saturated heterocycles. The summed E-state index contributed by atoms with van der Waals surface area (Å²) in [6.07, 6.45) is 0.132. The van der Waals surface area contributed by atoms with Gasteiger partial charge in [-0.3, -0.25) is 0 Å². The molecule has 0 aliphatic carbocycles. The monoisotopic (exact) mass is 489 g/mol. The van der Waals surface area contributed by atoms with Crippen LogP contribution >= 0.6 is 0 Å². The van der Waals surface area contributed by atoms with E-state index in [-0.39, 0.29) is 36.4 Å². The van der Waals surface area contributed by atoms with Gasteiger partial charge in [0.1, 0.15) is 5.75 Å². The van der Waals surface area contributed by atoms with E-state index in [1.165, 1.54) is 39.9 Å². The smallest absolute Gasteiger partial charge is 0.116 e. The van der Waals surface area contributed by atoms with Crippen LogP contribution in [-0.4, -0.2) is 11.3 Å². The number of aromatic hydroxyl groups is 1. The normalized spacial score (nSPS) is 9.79. The summed E-state index contributed by atoms with van der Waals surface area (Å²) in [5.41, 5.74) is 8.15. The molecule has 0 fully saturated rings. The van der Waals surface area contributed by atoms with Gasteiger partial charge in [0.15, 0.2) is 0 Å². The SMILES string of the molecule is CC[Si](=[Ti+2])CC.Cc1c[c-](C)c(C)c1C.Cc1cc(O)cc(C(C)(C)C)c1.[Cl-].[Cl-]. The maximum atomic E-state index is 9.36. The summed E-state index contributed by atoms with van der Waals surface area (Å²) in [7, 11) is 0. The molecule has 2 aromatic rings. The van der Waals surface area contributed by atoms with Gasteiger partial charge in [-0.2, -0.15) is 28.3 Å². The summed E-state index contributed by atoms with van der Waals surface area (Å²) in [5, 5.41) is 9.36. The van der Waals surface area contributed by atoms with Crippen molar-refractivity contribution in [3.63, 3.8) is 0 Å². The first-order valence-corrected chi connectivity index (χ1v) is 14.2. The minimum atomic E-state index is 0. The van der Waals surface area contributed by atoms with Crippen molar-refractivity contribution in [3.8, 4) is 5.75 Å². The van der Waals surface area contributed by atoms with Crippen LogP contribution in [0.2, 0.25) is 12.1 Å². The van der Waals surface area contributed by atoms with E-state index >= 15 is 0 Å². The third-order valence-corrected chi connectivity index (χ3v) is 9.98. The molecule has 0 radical (unpaired) electrons. The van der Waals surface area contributed by atoms with E-state index < -0.39 is 0 Å². The zero-order valence-corrected chi connectivity index (χ0v) is 24.0. The van der Waals surface area contributed by atoms with E-state index in [0.717, 1.165) is 5.56 Å². The molecule has 0 unspecified atom stereocenters. The summed E-state index contributed by atoms with van der Waals surface area (Å²) >= 11 is 2.38.